The smallest absolute Gasteiger partial charge is 0.231 e. The second kappa shape index (κ2) is 5.05. The maximum Gasteiger partial charge on any atom is 0.231 e. The Bertz CT molecular complexity index is 754. The highest BCUT2D eigenvalue weighted by Gasteiger charge is 2.14. The highest BCUT2D eigenvalue weighted by molar-refractivity contribution is 14.1. The Kier molecular flexibility index (Phi) is 3.40. The van der Waals surface area contributed by atoms with Crippen molar-refractivity contribution in [2.24, 2.45) is 0 Å². The van der Waals surface area contributed by atoms with Gasteiger partial charge < -0.3 is 4.74 Å². The van der Waals surface area contributed by atoms with E-state index in [-0.39, 0.29) is 0 Å². The number of benzene rings is 1. The number of ether oxygens (including phenoxy) is 1. The quantitative estimate of drug-likeness (QED) is 0.603. The summed E-state index contributed by atoms with van der Waals surface area (Å²) in [6, 6.07) is 7.91. The van der Waals surface area contributed by atoms with Crippen molar-refractivity contribution >= 4 is 44.1 Å². The fraction of sp³-hybridized carbons (Fsp3) is 0.143. The zero-order chi connectivity index (χ0) is 13.4. The molecule has 0 aliphatic heterocycles. The number of fused-ring (bicyclic) bond motifs is 1. The second-order valence-corrected chi connectivity index (χ2v) is 6.54. The number of aryl methyl sites for hydroxylation is 2. The van der Waals surface area contributed by atoms with Crippen LogP contribution in [-0.4, -0.2) is 9.97 Å². The molecule has 3 aromatic rings. The second-order valence-electron chi connectivity index (χ2n) is 4.17. The van der Waals surface area contributed by atoms with Crippen LogP contribution in [0.3, 0.4) is 0 Å². The maximum absolute atomic E-state index is 5.96. The molecule has 0 saturated carbocycles. The van der Waals surface area contributed by atoms with Crippen LogP contribution >= 0.6 is 33.9 Å². The molecule has 0 unspecified atom stereocenters. The summed E-state index contributed by atoms with van der Waals surface area (Å²) >= 11 is 3.93. The minimum Gasteiger partial charge on any atom is -0.437 e. The van der Waals surface area contributed by atoms with Crippen LogP contribution in [0.5, 0.6) is 11.6 Å². The lowest BCUT2D eigenvalue weighted by Crippen LogP contribution is -1.92. The van der Waals surface area contributed by atoms with Crippen LogP contribution in [0.1, 0.15) is 10.4 Å². The van der Waals surface area contributed by atoms with Gasteiger partial charge >= 0.3 is 0 Å². The van der Waals surface area contributed by atoms with Crippen molar-refractivity contribution < 1.29 is 4.74 Å². The largest absolute Gasteiger partial charge is 0.437 e. The highest BCUT2D eigenvalue weighted by Crippen LogP contribution is 2.36. The van der Waals surface area contributed by atoms with Gasteiger partial charge in [-0.15, -0.1) is 11.3 Å². The third-order valence-electron chi connectivity index (χ3n) is 2.97. The fourth-order valence-electron chi connectivity index (χ4n) is 1.86. The Hall–Kier alpha value is -1.21. The third-order valence-corrected chi connectivity index (χ3v) is 4.98. The first-order valence-electron chi connectivity index (χ1n) is 5.80. The van der Waals surface area contributed by atoms with Crippen LogP contribution in [0.25, 0.3) is 10.2 Å². The maximum atomic E-state index is 5.96. The Morgan fingerprint density at radius 3 is 2.74 bits per heavy atom. The standard InChI is InChI=1S/C14H11IN2OS/c1-8-9(2)19-14-12(8)13(16-7-17-14)18-11-6-4-3-5-10(11)15/h3-7H,1-2H3. The molecule has 0 amide bonds. The minimum atomic E-state index is 0.635. The Morgan fingerprint density at radius 2 is 1.95 bits per heavy atom. The lowest BCUT2D eigenvalue weighted by molar-refractivity contribution is 0.465. The summed E-state index contributed by atoms with van der Waals surface area (Å²) in [6.45, 7) is 4.18. The summed E-state index contributed by atoms with van der Waals surface area (Å²) in [7, 11) is 0. The summed E-state index contributed by atoms with van der Waals surface area (Å²) in [5.74, 6) is 1.46. The Morgan fingerprint density at radius 1 is 1.16 bits per heavy atom. The molecule has 0 radical (unpaired) electrons. The zero-order valence-electron chi connectivity index (χ0n) is 10.5. The average Bonchev–Trinajstić information content (AvgIpc) is 2.69. The van der Waals surface area contributed by atoms with Gasteiger partial charge in [0.2, 0.25) is 5.88 Å². The number of halogens is 1. The lowest BCUT2D eigenvalue weighted by atomic mass is 10.2. The van der Waals surface area contributed by atoms with Gasteiger partial charge in [0.25, 0.3) is 0 Å². The van der Waals surface area contributed by atoms with E-state index >= 15 is 0 Å². The molecule has 5 heteroatoms. The Balaban J connectivity index is 2.13. The summed E-state index contributed by atoms with van der Waals surface area (Å²) in [5, 5.41) is 1.02. The number of rotatable bonds is 2. The molecule has 19 heavy (non-hydrogen) atoms. The summed E-state index contributed by atoms with van der Waals surface area (Å²) in [5.41, 5.74) is 1.20. The molecule has 0 bridgehead atoms. The van der Waals surface area contributed by atoms with Crippen LogP contribution in [0.2, 0.25) is 0 Å². The average molecular weight is 382 g/mol. The molecule has 3 rings (SSSR count). The molecule has 0 atom stereocenters. The lowest BCUT2D eigenvalue weighted by Gasteiger charge is -2.07. The predicted octanol–water partition coefficient (Wildman–Crippen LogP) is 4.71. The highest BCUT2D eigenvalue weighted by atomic mass is 127. The number of para-hydroxylation sites is 1. The minimum absolute atomic E-state index is 0.635. The first kappa shape index (κ1) is 12.8. The van der Waals surface area contributed by atoms with Crippen LogP contribution in [-0.2, 0) is 0 Å². The van der Waals surface area contributed by atoms with E-state index < -0.39 is 0 Å². The number of hydrogen-bond acceptors (Lipinski definition) is 4. The molecule has 0 saturated heterocycles. The van der Waals surface area contributed by atoms with Gasteiger partial charge in [-0.1, -0.05) is 12.1 Å². The number of thiophene rings is 1. The summed E-state index contributed by atoms with van der Waals surface area (Å²) < 4.78 is 7.03. The molecule has 2 aromatic heterocycles. The van der Waals surface area contributed by atoms with Crippen molar-refractivity contribution in [1.82, 2.24) is 9.97 Å². The van der Waals surface area contributed by atoms with Gasteiger partial charge in [0.1, 0.15) is 16.9 Å². The molecule has 2 heterocycles. The van der Waals surface area contributed by atoms with Crippen molar-refractivity contribution in [2.75, 3.05) is 0 Å². The van der Waals surface area contributed by atoms with Crippen LogP contribution < -0.4 is 4.74 Å². The first-order valence-corrected chi connectivity index (χ1v) is 7.69. The number of hydrogen-bond donors (Lipinski definition) is 0. The van der Waals surface area contributed by atoms with E-state index in [1.807, 2.05) is 24.3 Å². The van der Waals surface area contributed by atoms with Gasteiger partial charge in [-0.2, -0.15) is 0 Å². The molecule has 0 aliphatic rings. The van der Waals surface area contributed by atoms with Crippen molar-refractivity contribution in [3.8, 4) is 11.6 Å². The molecule has 0 fully saturated rings. The molecule has 0 N–H and O–H groups in total. The molecule has 3 nitrogen and oxygen atoms in total. The number of nitrogens with zero attached hydrogens (tertiary/aromatic N) is 2. The van der Waals surface area contributed by atoms with Gasteiger partial charge in [0, 0.05) is 4.88 Å². The van der Waals surface area contributed by atoms with Crippen molar-refractivity contribution in [3.05, 3.63) is 44.6 Å². The molecular formula is C14H11IN2OS. The van der Waals surface area contributed by atoms with E-state index in [0.29, 0.717) is 5.88 Å². The monoisotopic (exact) mass is 382 g/mol. The van der Waals surface area contributed by atoms with Crippen molar-refractivity contribution in [3.63, 3.8) is 0 Å². The van der Waals surface area contributed by atoms with E-state index in [1.165, 1.54) is 10.4 Å². The van der Waals surface area contributed by atoms with Crippen molar-refractivity contribution in [1.29, 1.82) is 0 Å². The first-order chi connectivity index (χ1) is 9.16. The zero-order valence-corrected chi connectivity index (χ0v) is 13.4. The Labute approximate surface area is 128 Å². The van der Waals surface area contributed by atoms with Crippen LogP contribution in [0.4, 0.5) is 0 Å². The summed E-state index contributed by atoms with van der Waals surface area (Å²) in [4.78, 5) is 10.8. The fourth-order valence-corrected chi connectivity index (χ4v) is 3.34. The molecule has 96 valence electrons. The van der Waals surface area contributed by atoms with Gasteiger partial charge in [0.05, 0.1) is 8.96 Å². The van der Waals surface area contributed by atoms with E-state index in [1.54, 1.807) is 17.7 Å². The molecule has 0 spiro atoms. The molecule has 0 aliphatic carbocycles. The van der Waals surface area contributed by atoms with E-state index in [4.69, 9.17) is 4.74 Å². The van der Waals surface area contributed by atoms with Gasteiger partial charge in [0.15, 0.2) is 0 Å². The van der Waals surface area contributed by atoms with E-state index in [2.05, 4.69) is 46.4 Å². The van der Waals surface area contributed by atoms with E-state index in [9.17, 15) is 0 Å². The van der Waals surface area contributed by atoms with Gasteiger partial charge in [-0.3, -0.25) is 0 Å². The van der Waals surface area contributed by atoms with Gasteiger partial charge in [-0.25, -0.2) is 9.97 Å². The topological polar surface area (TPSA) is 35.0 Å². The molecule has 1 aromatic carbocycles. The van der Waals surface area contributed by atoms with E-state index in [0.717, 1.165) is 19.5 Å². The SMILES string of the molecule is Cc1sc2ncnc(Oc3ccccc3I)c2c1C. The third kappa shape index (κ3) is 2.32. The molecular weight excluding hydrogens is 371 g/mol. The van der Waals surface area contributed by atoms with Gasteiger partial charge in [-0.05, 0) is 54.1 Å². The normalized spacial score (nSPS) is 10.9. The summed E-state index contributed by atoms with van der Waals surface area (Å²) in [6.07, 6.45) is 1.56. The van der Waals surface area contributed by atoms with Crippen LogP contribution in [0.15, 0.2) is 30.6 Å². The van der Waals surface area contributed by atoms with Crippen molar-refractivity contribution in [2.45, 2.75) is 13.8 Å². The number of aromatic nitrogens is 2. The van der Waals surface area contributed by atoms with Crippen LogP contribution in [0, 0.1) is 17.4 Å². The predicted molar refractivity (Wildman–Crippen MR) is 86.1 cm³/mol.